The summed E-state index contributed by atoms with van der Waals surface area (Å²) < 4.78 is 2.39. The van der Waals surface area contributed by atoms with Crippen LogP contribution >= 0.6 is 0 Å². The first kappa shape index (κ1) is 30.2. The van der Waals surface area contributed by atoms with E-state index in [1.165, 1.54) is 33.0 Å². The highest BCUT2D eigenvalue weighted by Crippen LogP contribution is 2.51. The van der Waals surface area contributed by atoms with Crippen LogP contribution in [0.1, 0.15) is 25.0 Å². The first-order chi connectivity index (χ1) is 25.6. The highest BCUT2D eigenvalue weighted by Gasteiger charge is 2.37. The number of benzene rings is 7. The molecular formula is C48H34N4. The SMILES string of the molecule is CC1(C)c2ccccc2-c2c(-c3nc(-c4ccccc4)nc(-c4ccc(-c5ccccc5)c(-n5c6ccccc6c6ccccc65)c4)n3)cccc21. The van der Waals surface area contributed by atoms with Crippen LogP contribution in [0.25, 0.3) is 83.9 Å². The van der Waals surface area contributed by atoms with Gasteiger partial charge in [-0.15, -0.1) is 0 Å². The molecule has 9 aromatic rings. The standard InChI is InChI=1S/C48H34N4/c1-48(2)39-24-12-9-22-37(39)44-38(23-15-25-40(44)48)47-50-45(32-18-7-4-8-19-32)49-46(51-47)33-28-29-34(31-16-5-3-6-17-31)43(30-33)52-41-26-13-10-20-35(41)36-21-11-14-27-42(36)52/h3-30H,1-2H3. The molecule has 7 aromatic carbocycles. The average Bonchev–Trinajstić information content (AvgIpc) is 3.67. The minimum atomic E-state index is -0.134. The first-order valence-corrected chi connectivity index (χ1v) is 17.8. The maximum atomic E-state index is 5.32. The van der Waals surface area contributed by atoms with E-state index in [4.69, 9.17) is 15.0 Å². The lowest BCUT2D eigenvalue weighted by Gasteiger charge is -2.21. The highest BCUT2D eigenvalue weighted by molar-refractivity contribution is 6.10. The minimum absolute atomic E-state index is 0.134. The fourth-order valence-corrected chi connectivity index (χ4v) is 8.18. The zero-order chi connectivity index (χ0) is 34.8. The quantitative estimate of drug-likeness (QED) is 0.184. The predicted molar refractivity (Wildman–Crippen MR) is 213 cm³/mol. The second kappa shape index (κ2) is 11.7. The molecule has 2 aromatic heterocycles. The van der Waals surface area contributed by atoms with Crippen LogP contribution in [0.2, 0.25) is 0 Å². The van der Waals surface area contributed by atoms with Crippen molar-refractivity contribution in [3.05, 3.63) is 181 Å². The molecule has 4 nitrogen and oxygen atoms in total. The van der Waals surface area contributed by atoms with E-state index in [0.717, 1.165) is 44.5 Å². The Morgan fingerprint density at radius 3 is 1.65 bits per heavy atom. The van der Waals surface area contributed by atoms with Gasteiger partial charge in [0.2, 0.25) is 0 Å². The van der Waals surface area contributed by atoms with Crippen LogP contribution in [0.4, 0.5) is 0 Å². The number of hydrogen-bond donors (Lipinski definition) is 0. The van der Waals surface area contributed by atoms with Crippen LogP contribution in [0.3, 0.4) is 0 Å². The molecule has 0 spiro atoms. The lowest BCUT2D eigenvalue weighted by molar-refractivity contribution is 0.660. The molecule has 1 aliphatic carbocycles. The first-order valence-electron chi connectivity index (χ1n) is 17.8. The van der Waals surface area contributed by atoms with E-state index < -0.39 is 0 Å². The van der Waals surface area contributed by atoms with Crippen molar-refractivity contribution in [3.8, 4) is 62.1 Å². The van der Waals surface area contributed by atoms with E-state index in [2.05, 4.69) is 170 Å². The number of rotatable bonds is 5. The fourth-order valence-electron chi connectivity index (χ4n) is 8.18. The predicted octanol–water partition coefficient (Wildman–Crippen LogP) is 11.9. The largest absolute Gasteiger partial charge is 0.309 e. The van der Waals surface area contributed by atoms with Gasteiger partial charge >= 0.3 is 0 Å². The van der Waals surface area contributed by atoms with E-state index in [-0.39, 0.29) is 5.41 Å². The summed E-state index contributed by atoms with van der Waals surface area (Å²) in [5.41, 5.74) is 13.5. The van der Waals surface area contributed by atoms with Crippen molar-refractivity contribution in [1.29, 1.82) is 0 Å². The maximum absolute atomic E-state index is 5.32. The van der Waals surface area contributed by atoms with Crippen LogP contribution < -0.4 is 0 Å². The molecule has 52 heavy (non-hydrogen) atoms. The molecule has 246 valence electrons. The summed E-state index contributed by atoms with van der Waals surface area (Å²) in [6.45, 7) is 4.61. The second-order valence-corrected chi connectivity index (χ2v) is 14.0. The molecule has 0 amide bonds. The topological polar surface area (TPSA) is 43.6 Å². The molecule has 0 fully saturated rings. The van der Waals surface area contributed by atoms with Crippen LogP contribution in [0.5, 0.6) is 0 Å². The lowest BCUT2D eigenvalue weighted by atomic mass is 9.82. The van der Waals surface area contributed by atoms with Gasteiger partial charge in [0.05, 0.1) is 16.7 Å². The van der Waals surface area contributed by atoms with Crippen molar-refractivity contribution < 1.29 is 0 Å². The third kappa shape index (κ3) is 4.65. The van der Waals surface area contributed by atoms with Crippen LogP contribution in [0.15, 0.2) is 170 Å². The molecule has 0 bridgehead atoms. The van der Waals surface area contributed by atoms with Crippen molar-refractivity contribution in [2.45, 2.75) is 19.3 Å². The number of aromatic nitrogens is 4. The van der Waals surface area contributed by atoms with E-state index in [1.54, 1.807) is 0 Å². The van der Waals surface area contributed by atoms with Gasteiger partial charge in [-0.3, -0.25) is 0 Å². The van der Waals surface area contributed by atoms with Gasteiger partial charge in [-0.25, -0.2) is 15.0 Å². The molecule has 1 aliphatic rings. The van der Waals surface area contributed by atoms with E-state index in [1.807, 2.05) is 18.2 Å². The molecule has 0 unspecified atom stereocenters. The Labute approximate surface area is 302 Å². The number of nitrogens with zero attached hydrogens (tertiary/aromatic N) is 4. The Morgan fingerprint density at radius 1 is 0.404 bits per heavy atom. The second-order valence-electron chi connectivity index (χ2n) is 14.0. The third-order valence-corrected chi connectivity index (χ3v) is 10.7. The molecule has 4 heteroatoms. The number of hydrogen-bond acceptors (Lipinski definition) is 3. The molecule has 0 N–H and O–H groups in total. The van der Waals surface area contributed by atoms with Crippen molar-refractivity contribution in [2.24, 2.45) is 0 Å². The van der Waals surface area contributed by atoms with Gasteiger partial charge in [0.1, 0.15) is 0 Å². The molecule has 0 saturated carbocycles. The van der Waals surface area contributed by atoms with Crippen LogP contribution in [-0.4, -0.2) is 19.5 Å². The maximum Gasteiger partial charge on any atom is 0.164 e. The van der Waals surface area contributed by atoms with Gasteiger partial charge in [-0.05, 0) is 46.0 Å². The summed E-state index contributed by atoms with van der Waals surface area (Å²) >= 11 is 0. The molecule has 10 rings (SSSR count). The van der Waals surface area contributed by atoms with Gasteiger partial charge in [0.15, 0.2) is 17.5 Å². The normalized spacial score (nSPS) is 13.0. The molecule has 0 saturated heterocycles. The molecular weight excluding hydrogens is 633 g/mol. The Hall–Kier alpha value is -6.65. The van der Waals surface area contributed by atoms with Gasteiger partial charge in [0, 0.05) is 38.4 Å². The van der Waals surface area contributed by atoms with Crippen molar-refractivity contribution in [2.75, 3.05) is 0 Å². The summed E-state index contributed by atoms with van der Waals surface area (Å²) in [6.07, 6.45) is 0. The summed E-state index contributed by atoms with van der Waals surface area (Å²) in [5.74, 6) is 1.95. The lowest BCUT2D eigenvalue weighted by Crippen LogP contribution is -2.14. The van der Waals surface area contributed by atoms with Gasteiger partial charge in [-0.1, -0.05) is 166 Å². The number of fused-ring (bicyclic) bond motifs is 6. The molecule has 0 radical (unpaired) electrons. The summed E-state index contributed by atoms with van der Waals surface area (Å²) in [7, 11) is 0. The Balaban J connectivity index is 1.25. The zero-order valence-corrected chi connectivity index (χ0v) is 29.0. The van der Waals surface area contributed by atoms with Crippen LogP contribution in [0, 0.1) is 0 Å². The number of para-hydroxylation sites is 2. The summed E-state index contributed by atoms with van der Waals surface area (Å²) in [6, 6.07) is 60.1. The van der Waals surface area contributed by atoms with Gasteiger partial charge in [0.25, 0.3) is 0 Å². The van der Waals surface area contributed by atoms with E-state index in [9.17, 15) is 0 Å². The van der Waals surface area contributed by atoms with Crippen LogP contribution in [-0.2, 0) is 5.41 Å². The third-order valence-electron chi connectivity index (χ3n) is 10.7. The minimum Gasteiger partial charge on any atom is -0.309 e. The van der Waals surface area contributed by atoms with Gasteiger partial charge < -0.3 is 4.57 Å². The molecule has 0 aliphatic heterocycles. The van der Waals surface area contributed by atoms with Crippen molar-refractivity contribution in [3.63, 3.8) is 0 Å². The molecule has 2 heterocycles. The Morgan fingerprint density at radius 2 is 0.942 bits per heavy atom. The van der Waals surface area contributed by atoms with Crippen molar-refractivity contribution in [1.82, 2.24) is 19.5 Å². The Kier molecular flexibility index (Phi) is 6.80. The van der Waals surface area contributed by atoms with E-state index in [0.29, 0.717) is 17.5 Å². The molecule has 0 atom stereocenters. The van der Waals surface area contributed by atoms with Gasteiger partial charge in [-0.2, -0.15) is 0 Å². The zero-order valence-electron chi connectivity index (χ0n) is 29.0. The fraction of sp³-hybridized carbons (Fsp3) is 0.0625. The van der Waals surface area contributed by atoms with Crippen molar-refractivity contribution >= 4 is 21.8 Å². The van der Waals surface area contributed by atoms with E-state index >= 15 is 0 Å². The summed E-state index contributed by atoms with van der Waals surface area (Å²) in [4.78, 5) is 15.7. The average molecular weight is 667 g/mol. The highest BCUT2D eigenvalue weighted by atomic mass is 15.0. The Bertz CT molecular complexity index is 2760. The smallest absolute Gasteiger partial charge is 0.164 e. The summed E-state index contributed by atoms with van der Waals surface area (Å²) in [5, 5.41) is 2.44. The monoisotopic (exact) mass is 666 g/mol.